The largest absolute Gasteiger partial charge is 0.396 e. The van der Waals surface area contributed by atoms with Crippen LogP contribution >= 0.6 is 0 Å². The highest BCUT2D eigenvalue weighted by molar-refractivity contribution is 5.95. The lowest BCUT2D eigenvalue weighted by atomic mass is 9.35. The fourth-order valence-corrected chi connectivity index (χ4v) is 10.1. The predicted octanol–water partition coefficient (Wildman–Crippen LogP) is 6.71. The Labute approximate surface area is 208 Å². The summed E-state index contributed by atoms with van der Waals surface area (Å²) in [6, 6.07) is 0. The maximum Gasteiger partial charge on any atom is 0.159 e. The molecule has 0 amide bonds. The van der Waals surface area contributed by atoms with Crippen LogP contribution in [0.2, 0.25) is 0 Å². The zero-order chi connectivity index (χ0) is 24.7. The summed E-state index contributed by atoms with van der Waals surface area (Å²) in [6.45, 7) is 14.6. The number of ketones is 1. The lowest BCUT2D eigenvalue weighted by molar-refractivity contribution is -0.169. The summed E-state index contributed by atoms with van der Waals surface area (Å²) >= 11 is 0. The first-order valence-corrected chi connectivity index (χ1v) is 14.4. The van der Waals surface area contributed by atoms with Gasteiger partial charge < -0.3 is 10.2 Å². The second-order valence-electron chi connectivity index (χ2n) is 15.0. The van der Waals surface area contributed by atoms with Crippen molar-refractivity contribution in [2.24, 2.45) is 50.7 Å². The summed E-state index contributed by atoms with van der Waals surface area (Å²) in [7, 11) is 0. The summed E-state index contributed by atoms with van der Waals surface area (Å²) in [6.07, 6.45) is 14.0. The molecular formula is C31H50O3. The second kappa shape index (κ2) is 7.91. The van der Waals surface area contributed by atoms with Crippen molar-refractivity contribution in [3.8, 4) is 0 Å². The first kappa shape index (κ1) is 25.0. The van der Waals surface area contributed by atoms with Crippen molar-refractivity contribution < 1.29 is 15.0 Å². The number of allylic oxidation sites excluding steroid dienone is 2. The average Bonchev–Trinajstić information content (AvgIpc) is 2.79. The number of rotatable bonds is 1. The van der Waals surface area contributed by atoms with E-state index >= 15 is 0 Å². The van der Waals surface area contributed by atoms with Crippen LogP contribution in [0.1, 0.15) is 112 Å². The van der Waals surface area contributed by atoms with Gasteiger partial charge in [-0.1, -0.05) is 47.1 Å². The highest BCUT2D eigenvalue weighted by Gasteiger charge is 2.67. The smallest absolute Gasteiger partial charge is 0.159 e. The average molecular weight is 471 g/mol. The molecule has 0 spiro atoms. The maximum absolute atomic E-state index is 14.3. The first-order valence-electron chi connectivity index (χ1n) is 14.4. The van der Waals surface area contributed by atoms with E-state index in [0.29, 0.717) is 23.5 Å². The number of hydrogen-bond donors (Lipinski definition) is 2. The van der Waals surface area contributed by atoms with Gasteiger partial charge in [-0.25, -0.2) is 0 Å². The third-order valence-corrected chi connectivity index (χ3v) is 13.1. The Kier molecular flexibility index (Phi) is 5.82. The Morgan fingerprint density at radius 3 is 2.32 bits per heavy atom. The lowest BCUT2D eigenvalue weighted by Gasteiger charge is -2.68. The molecule has 0 heterocycles. The maximum atomic E-state index is 14.3. The summed E-state index contributed by atoms with van der Waals surface area (Å²) in [5, 5.41) is 21.0. The van der Waals surface area contributed by atoms with E-state index in [-0.39, 0.29) is 45.7 Å². The van der Waals surface area contributed by atoms with E-state index in [0.717, 1.165) is 51.4 Å². The zero-order valence-electron chi connectivity index (χ0n) is 22.8. The molecule has 5 rings (SSSR count). The van der Waals surface area contributed by atoms with Crippen molar-refractivity contribution in [3.05, 3.63) is 11.6 Å². The molecule has 0 saturated heterocycles. The van der Waals surface area contributed by atoms with E-state index in [1.165, 1.54) is 24.8 Å². The van der Waals surface area contributed by atoms with Crippen LogP contribution in [0.3, 0.4) is 0 Å². The number of carbonyl (C=O) groups excluding carboxylic acids is 1. The van der Waals surface area contributed by atoms with Crippen LogP contribution < -0.4 is 0 Å². The molecule has 10 atom stereocenters. The first-order chi connectivity index (χ1) is 15.8. The van der Waals surface area contributed by atoms with E-state index in [2.05, 4.69) is 47.6 Å². The zero-order valence-corrected chi connectivity index (χ0v) is 22.8. The fraction of sp³-hybridized carbons (Fsp3) is 0.903. The van der Waals surface area contributed by atoms with Gasteiger partial charge in [0.15, 0.2) is 5.78 Å². The number of aliphatic hydroxyl groups excluding tert-OH is 2. The minimum Gasteiger partial charge on any atom is -0.396 e. The van der Waals surface area contributed by atoms with Gasteiger partial charge in [0.05, 0.1) is 6.10 Å². The van der Waals surface area contributed by atoms with Gasteiger partial charge in [0.25, 0.3) is 0 Å². The third kappa shape index (κ3) is 3.31. The highest BCUT2D eigenvalue weighted by atomic mass is 16.3. The third-order valence-electron chi connectivity index (χ3n) is 13.1. The normalized spacial score (nSPS) is 55.6. The molecule has 5 aliphatic carbocycles. The topological polar surface area (TPSA) is 57.5 Å². The molecule has 5 aliphatic rings. The van der Waals surface area contributed by atoms with E-state index in [4.69, 9.17) is 0 Å². The molecule has 0 aromatic heterocycles. The van der Waals surface area contributed by atoms with Crippen molar-refractivity contribution >= 4 is 5.78 Å². The molecule has 0 aromatic rings. The summed E-state index contributed by atoms with van der Waals surface area (Å²) in [5.74, 6) is 1.80. The van der Waals surface area contributed by atoms with Crippen molar-refractivity contribution in [1.82, 2.24) is 0 Å². The summed E-state index contributed by atoms with van der Waals surface area (Å²) in [4.78, 5) is 14.3. The van der Waals surface area contributed by atoms with Crippen LogP contribution in [-0.2, 0) is 4.79 Å². The van der Waals surface area contributed by atoms with Crippen LogP contribution in [0.25, 0.3) is 0 Å². The van der Waals surface area contributed by atoms with Crippen LogP contribution in [0.4, 0.5) is 0 Å². The Morgan fingerprint density at radius 2 is 1.62 bits per heavy atom. The van der Waals surface area contributed by atoms with Crippen molar-refractivity contribution in [3.63, 3.8) is 0 Å². The van der Waals surface area contributed by atoms with Crippen LogP contribution in [0.5, 0.6) is 0 Å². The molecule has 34 heavy (non-hydrogen) atoms. The van der Waals surface area contributed by atoms with Crippen LogP contribution in [0.15, 0.2) is 11.6 Å². The second-order valence-corrected chi connectivity index (χ2v) is 15.0. The van der Waals surface area contributed by atoms with E-state index in [1.54, 1.807) is 0 Å². The number of hydrogen-bond acceptors (Lipinski definition) is 3. The molecule has 0 radical (unpaired) electrons. The van der Waals surface area contributed by atoms with Gasteiger partial charge in [-0.05, 0) is 122 Å². The minimum atomic E-state index is -0.236. The van der Waals surface area contributed by atoms with Gasteiger partial charge in [-0.2, -0.15) is 0 Å². The molecule has 4 fully saturated rings. The Morgan fingerprint density at radius 1 is 0.912 bits per heavy atom. The molecule has 3 unspecified atom stereocenters. The molecule has 3 heteroatoms. The monoisotopic (exact) mass is 470 g/mol. The van der Waals surface area contributed by atoms with Crippen molar-refractivity contribution in [2.75, 3.05) is 6.61 Å². The SMILES string of the molecule is C[C@@H]1CCC2CC[C@]3(C)C(C(=O)C=C4C5C[C@@](C)(CO)CC[C@]5(C)CC[C@]43C)[C@@]2(C)CC[C@@H]1O. The Balaban J connectivity index is 1.58. The molecular weight excluding hydrogens is 420 g/mol. The Hall–Kier alpha value is -0.670. The lowest BCUT2D eigenvalue weighted by Crippen LogP contribution is -2.63. The molecule has 0 bridgehead atoms. The Bertz CT molecular complexity index is 878. The van der Waals surface area contributed by atoms with Gasteiger partial charge >= 0.3 is 0 Å². The summed E-state index contributed by atoms with van der Waals surface area (Å²) in [5.41, 5.74) is 1.66. The number of fused-ring (bicyclic) bond motifs is 7. The van der Waals surface area contributed by atoms with E-state index < -0.39 is 0 Å². The molecule has 192 valence electrons. The van der Waals surface area contributed by atoms with Gasteiger partial charge in [0.1, 0.15) is 0 Å². The standard InChI is InChI=1S/C31H50O3/c1-20-7-8-21-9-12-31(6)26(29(21,4)11-10-24(20)33)25(34)17-22-23-18-27(2,19-32)13-14-28(23,3)15-16-30(22,31)5/h17,20-21,23-24,26,32-33H,7-16,18-19H2,1-6H3/t20-,21?,23?,24+,26?,27+,28-,29+,30-,31-/m1/s1. The molecule has 4 saturated carbocycles. The fourth-order valence-electron chi connectivity index (χ4n) is 10.1. The van der Waals surface area contributed by atoms with E-state index in [9.17, 15) is 15.0 Å². The van der Waals surface area contributed by atoms with E-state index in [1.807, 2.05) is 0 Å². The molecule has 0 aromatic carbocycles. The quantitative estimate of drug-likeness (QED) is 0.448. The minimum absolute atomic E-state index is 0.0242. The molecule has 2 N–H and O–H groups in total. The van der Waals surface area contributed by atoms with Crippen molar-refractivity contribution in [1.29, 1.82) is 0 Å². The van der Waals surface area contributed by atoms with Gasteiger partial charge in [0.2, 0.25) is 0 Å². The summed E-state index contributed by atoms with van der Waals surface area (Å²) < 4.78 is 0. The van der Waals surface area contributed by atoms with Gasteiger partial charge in [-0.3, -0.25) is 4.79 Å². The van der Waals surface area contributed by atoms with Gasteiger partial charge in [0, 0.05) is 12.5 Å². The number of carbonyl (C=O) groups is 1. The van der Waals surface area contributed by atoms with Crippen LogP contribution in [0, 0.1) is 50.7 Å². The van der Waals surface area contributed by atoms with Crippen molar-refractivity contribution in [2.45, 2.75) is 118 Å². The number of aliphatic hydroxyl groups is 2. The molecule has 3 nitrogen and oxygen atoms in total. The highest BCUT2D eigenvalue weighted by Crippen LogP contribution is 2.73. The van der Waals surface area contributed by atoms with Gasteiger partial charge in [-0.15, -0.1) is 0 Å². The van der Waals surface area contributed by atoms with Crippen LogP contribution in [-0.4, -0.2) is 28.7 Å². The predicted molar refractivity (Wildman–Crippen MR) is 137 cm³/mol. The molecule has 0 aliphatic heterocycles.